The molecular weight excluding hydrogens is 233 g/mol. The zero-order chi connectivity index (χ0) is 12.5. The van der Waals surface area contributed by atoms with Crippen LogP contribution in [-0.2, 0) is 12.6 Å². The molecule has 7 heteroatoms. The van der Waals surface area contributed by atoms with Crippen molar-refractivity contribution in [3.63, 3.8) is 0 Å². The third-order valence-corrected chi connectivity index (χ3v) is 2.41. The van der Waals surface area contributed by atoms with E-state index in [0.717, 1.165) is 28.9 Å². The predicted octanol–water partition coefficient (Wildman–Crippen LogP) is 1.64. The Hall–Kier alpha value is -1.63. The van der Waals surface area contributed by atoms with Gasteiger partial charge in [0.1, 0.15) is 0 Å². The normalized spacial score (nSPS) is 12.2. The lowest BCUT2D eigenvalue weighted by Crippen LogP contribution is -2.08. The molecule has 0 aromatic carbocycles. The van der Waals surface area contributed by atoms with E-state index in [1.165, 1.54) is 6.20 Å². The lowest BCUT2D eigenvalue weighted by molar-refractivity contribution is -0.138. The minimum atomic E-state index is -4.40. The van der Waals surface area contributed by atoms with E-state index in [2.05, 4.69) is 10.1 Å². The maximum absolute atomic E-state index is 12.4. The Bertz CT molecular complexity index is 518. The maximum Gasteiger partial charge on any atom is 0.419 e. The Morgan fingerprint density at radius 3 is 2.71 bits per heavy atom. The number of aromatic nitrogens is 3. The van der Waals surface area contributed by atoms with Crippen molar-refractivity contribution in [3.8, 4) is 0 Å². The third kappa shape index (κ3) is 2.38. The van der Waals surface area contributed by atoms with Gasteiger partial charge in [-0.25, -0.2) is 9.50 Å². The number of nitrogens with zero attached hydrogens (tertiary/aromatic N) is 3. The second-order valence-corrected chi connectivity index (χ2v) is 3.67. The molecule has 0 spiro atoms. The van der Waals surface area contributed by atoms with Gasteiger partial charge in [-0.05, 0) is 19.4 Å². The summed E-state index contributed by atoms with van der Waals surface area (Å²) < 4.78 is 38.4. The van der Waals surface area contributed by atoms with Gasteiger partial charge in [0, 0.05) is 18.0 Å². The van der Waals surface area contributed by atoms with Crippen LogP contribution in [-0.4, -0.2) is 21.1 Å². The number of aryl methyl sites for hydroxylation is 1. The van der Waals surface area contributed by atoms with E-state index in [1.54, 1.807) is 0 Å². The number of hydrogen-bond acceptors (Lipinski definition) is 3. The molecule has 0 unspecified atom stereocenters. The summed E-state index contributed by atoms with van der Waals surface area (Å²) in [6.07, 6.45) is 0.308. The molecule has 2 N–H and O–H groups in total. The zero-order valence-corrected chi connectivity index (χ0v) is 8.91. The van der Waals surface area contributed by atoms with Gasteiger partial charge in [0.05, 0.1) is 11.8 Å². The van der Waals surface area contributed by atoms with Crippen LogP contribution in [0.15, 0.2) is 18.6 Å². The van der Waals surface area contributed by atoms with Gasteiger partial charge in [-0.1, -0.05) is 0 Å². The van der Waals surface area contributed by atoms with Crippen molar-refractivity contribution in [2.75, 3.05) is 6.54 Å². The maximum atomic E-state index is 12.4. The number of rotatable bonds is 3. The fraction of sp³-hybridized carbons (Fsp3) is 0.400. The average Bonchev–Trinajstić information content (AvgIpc) is 2.67. The van der Waals surface area contributed by atoms with Crippen LogP contribution < -0.4 is 5.73 Å². The molecule has 2 aromatic rings. The van der Waals surface area contributed by atoms with Crippen LogP contribution in [0.5, 0.6) is 0 Å². The molecule has 2 rings (SSSR count). The van der Waals surface area contributed by atoms with Crippen LogP contribution in [0, 0.1) is 0 Å². The van der Waals surface area contributed by atoms with Crippen molar-refractivity contribution < 1.29 is 13.2 Å². The van der Waals surface area contributed by atoms with E-state index in [1.807, 2.05) is 0 Å². The highest BCUT2D eigenvalue weighted by molar-refractivity contribution is 5.46. The van der Waals surface area contributed by atoms with E-state index in [-0.39, 0.29) is 0 Å². The lowest BCUT2D eigenvalue weighted by Gasteiger charge is -2.05. The summed E-state index contributed by atoms with van der Waals surface area (Å²) >= 11 is 0. The van der Waals surface area contributed by atoms with Gasteiger partial charge in [0.25, 0.3) is 0 Å². The first-order chi connectivity index (χ1) is 8.02. The molecule has 4 nitrogen and oxygen atoms in total. The summed E-state index contributed by atoms with van der Waals surface area (Å²) in [6, 6.07) is 0. The Labute approximate surface area is 95.3 Å². The van der Waals surface area contributed by atoms with Crippen molar-refractivity contribution in [1.82, 2.24) is 14.6 Å². The average molecular weight is 244 g/mol. The standard InChI is InChI=1S/C10H11F3N4/c11-10(12,13)8-5-15-9-7(2-1-3-14)4-16-17(9)6-8/h4-6H,1-3,14H2. The predicted molar refractivity (Wildman–Crippen MR) is 55.4 cm³/mol. The van der Waals surface area contributed by atoms with Crippen molar-refractivity contribution in [1.29, 1.82) is 0 Å². The highest BCUT2D eigenvalue weighted by Crippen LogP contribution is 2.28. The second kappa shape index (κ2) is 4.33. The third-order valence-electron chi connectivity index (χ3n) is 2.41. The molecule has 0 aliphatic rings. The number of fused-ring (bicyclic) bond motifs is 1. The molecule has 0 atom stereocenters. The van der Waals surface area contributed by atoms with Gasteiger partial charge in [-0.15, -0.1) is 0 Å². The van der Waals surface area contributed by atoms with Crippen molar-refractivity contribution in [3.05, 3.63) is 29.7 Å². The molecule has 0 fully saturated rings. The van der Waals surface area contributed by atoms with Gasteiger partial charge < -0.3 is 5.73 Å². The first-order valence-electron chi connectivity index (χ1n) is 5.12. The molecule has 0 amide bonds. The number of nitrogens with two attached hydrogens (primary N) is 1. The molecule has 0 aliphatic heterocycles. The van der Waals surface area contributed by atoms with Crippen LogP contribution in [0.3, 0.4) is 0 Å². The van der Waals surface area contributed by atoms with E-state index in [9.17, 15) is 13.2 Å². The van der Waals surface area contributed by atoms with E-state index >= 15 is 0 Å². The monoisotopic (exact) mass is 244 g/mol. The molecule has 2 aromatic heterocycles. The van der Waals surface area contributed by atoms with Crippen LogP contribution in [0.4, 0.5) is 13.2 Å². The highest BCUT2D eigenvalue weighted by atomic mass is 19.4. The van der Waals surface area contributed by atoms with Gasteiger partial charge in [-0.2, -0.15) is 18.3 Å². The Kier molecular flexibility index (Phi) is 3.01. The molecule has 92 valence electrons. The Morgan fingerprint density at radius 1 is 1.29 bits per heavy atom. The van der Waals surface area contributed by atoms with Crippen LogP contribution in [0.1, 0.15) is 17.5 Å². The summed E-state index contributed by atoms with van der Waals surface area (Å²) in [5.41, 5.74) is 5.83. The minimum Gasteiger partial charge on any atom is -0.330 e. The van der Waals surface area contributed by atoms with Gasteiger partial charge in [0.2, 0.25) is 0 Å². The second-order valence-electron chi connectivity index (χ2n) is 3.67. The van der Waals surface area contributed by atoms with Crippen LogP contribution >= 0.6 is 0 Å². The van der Waals surface area contributed by atoms with Gasteiger partial charge in [-0.3, -0.25) is 0 Å². The molecule has 0 aliphatic carbocycles. The summed E-state index contributed by atoms with van der Waals surface area (Å²) in [6.45, 7) is 0.526. The quantitative estimate of drug-likeness (QED) is 0.892. The van der Waals surface area contributed by atoms with Gasteiger partial charge in [0.15, 0.2) is 5.65 Å². The fourth-order valence-electron chi connectivity index (χ4n) is 1.54. The first kappa shape index (κ1) is 11.8. The highest BCUT2D eigenvalue weighted by Gasteiger charge is 2.31. The molecular formula is C10H11F3N4. The van der Waals surface area contributed by atoms with Crippen molar-refractivity contribution >= 4 is 5.65 Å². The minimum absolute atomic E-state index is 0.450. The molecule has 0 saturated heterocycles. The lowest BCUT2D eigenvalue weighted by atomic mass is 10.2. The number of halogens is 3. The summed E-state index contributed by atoms with van der Waals surface area (Å²) in [4.78, 5) is 3.80. The summed E-state index contributed by atoms with van der Waals surface area (Å²) in [7, 11) is 0. The Morgan fingerprint density at radius 2 is 2.06 bits per heavy atom. The van der Waals surface area contributed by atoms with E-state index in [0.29, 0.717) is 18.6 Å². The van der Waals surface area contributed by atoms with E-state index in [4.69, 9.17) is 5.73 Å². The molecule has 0 bridgehead atoms. The molecule has 17 heavy (non-hydrogen) atoms. The topological polar surface area (TPSA) is 56.2 Å². The van der Waals surface area contributed by atoms with Gasteiger partial charge >= 0.3 is 6.18 Å². The van der Waals surface area contributed by atoms with Crippen LogP contribution in [0.2, 0.25) is 0 Å². The first-order valence-corrected chi connectivity index (χ1v) is 5.12. The van der Waals surface area contributed by atoms with Crippen molar-refractivity contribution in [2.24, 2.45) is 5.73 Å². The van der Waals surface area contributed by atoms with Crippen LogP contribution in [0.25, 0.3) is 5.65 Å². The summed E-state index contributed by atoms with van der Waals surface area (Å²) in [5.74, 6) is 0. The number of alkyl halides is 3. The Balaban J connectivity index is 2.38. The molecule has 0 radical (unpaired) electrons. The summed E-state index contributed by atoms with van der Waals surface area (Å²) in [5, 5.41) is 3.86. The van der Waals surface area contributed by atoms with Crippen molar-refractivity contribution in [2.45, 2.75) is 19.0 Å². The zero-order valence-electron chi connectivity index (χ0n) is 8.91. The van der Waals surface area contributed by atoms with E-state index < -0.39 is 11.7 Å². The fourth-order valence-corrected chi connectivity index (χ4v) is 1.54. The SMILES string of the molecule is NCCCc1cnn2cc(C(F)(F)F)cnc12. The smallest absolute Gasteiger partial charge is 0.330 e. The largest absolute Gasteiger partial charge is 0.419 e. The molecule has 2 heterocycles. The number of hydrogen-bond donors (Lipinski definition) is 1. The molecule has 0 saturated carbocycles.